The zero-order valence-corrected chi connectivity index (χ0v) is 10.5. The minimum atomic E-state index is -0.0890. The predicted molar refractivity (Wildman–Crippen MR) is 72.1 cm³/mol. The second kappa shape index (κ2) is 5.97. The van der Waals surface area contributed by atoms with Crippen LogP contribution in [0.25, 0.3) is 0 Å². The molecule has 0 N–H and O–H groups in total. The largest absolute Gasteiger partial charge is 0.264 e. The normalized spacial score (nSPS) is 13.6. The number of pyridine rings is 1. The second-order valence-electron chi connectivity index (χ2n) is 4.52. The Labute approximate surface area is 108 Å². The summed E-state index contributed by atoms with van der Waals surface area (Å²) in [4.78, 5) is 4.08. The van der Waals surface area contributed by atoms with Crippen molar-refractivity contribution in [3.05, 3.63) is 66.0 Å². The van der Waals surface area contributed by atoms with Gasteiger partial charge in [0.2, 0.25) is 0 Å². The van der Waals surface area contributed by atoms with E-state index in [0.29, 0.717) is 5.92 Å². The first-order valence-electron chi connectivity index (χ1n) is 6.15. The third kappa shape index (κ3) is 2.95. The lowest BCUT2D eigenvalue weighted by atomic mass is 9.87. The van der Waals surface area contributed by atoms with Crippen molar-refractivity contribution in [3.63, 3.8) is 0 Å². The third-order valence-corrected chi connectivity index (χ3v) is 3.20. The van der Waals surface area contributed by atoms with Crippen molar-refractivity contribution in [2.45, 2.75) is 25.2 Å². The van der Waals surface area contributed by atoms with Gasteiger partial charge in [0.05, 0.1) is 12.0 Å². The van der Waals surface area contributed by atoms with Gasteiger partial charge in [-0.05, 0) is 29.5 Å². The SMILES string of the molecule is CC(CC(C#N)c1cccnc1)c1ccccc1. The Bertz CT molecular complexity index is 514. The number of aromatic nitrogens is 1. The van der Waals surface area contributed by atoms with Crippen LogP contribution in [0.4, 0.5) is 0 Å². The lowest BCUT2D eigenvalue weighted by molar-refractivity contribution is 0.634. The van der Waals surface area contributed by atoms with E-state index in [1.54, 1.807) is 12.4 Å². The topological polar surface area (TPSA) is 36.7 Å². The number of nitriles is 1. The third-order valence-electron chi connectivity index (χ3n) is 3.20. The Hall–Kier alpha value is -2.14. The standard InChI is InChI=1S/C16H16N2/c1-13(14-6-3-2-4-7-14)10-16(11-17)15-8-5-9-18-12-15/h2-9,12-13,16H,10H2,1H3. The molecule has 18 heavy (non-hydrogen) atoms. The van der Waals surface area contributed by atoms with E-state index in [9.17, 15) is 5.26 Å². The van der Waals surface area contributed by atoms with Crippen molar-refractivity contribution >= 4 is 0 Å². The summed E-state index contributed by atoms with van der Waals surface area (Å²) >= 11 is 0. The van der Waals surface area contributed by atoms with Crippen LogP contribution in [0.1, 0.15) is 36.3 Å². The fourth-order valence-corrected chi connectivity index (χ4v) is 2.12. The fraction of sp³-hybridized carbons (Fsp3) is 0.250. The Morgan fingerprint density at radius 1 is 1.11 bits per heavy atom. The first-order valence-corrected chi connectivity index (χ1v) is 6.15. The molecule has 0 aliphatic carbocycles. The second-order valence-corrected chi connectivity index (χ2v) is 4.52. The average Bonchev–Trinajstić information content (AvgIpc) is 2.46. The maximum absolute atomic E-state index is 9.30. The molecule has 0 aliphatic rings. The molecule has 1 aromatic heterocycles. The summed E-state index contributed by atoms with van der Waals surface area (Å²) in [6.45, 7) is 2.16. The summed E-state index contributed by atoms with van der Waals surface area (Å²) in [6, 6.07) is 16.5. The highest BCUT2D eigenvalue weighted by molar-refractivity contribution is 5.25. The van der Waals surface area contributed by atoms with Gasteiger partial charge in [0.25, 0.3) is 0 Å². The monoisotopic (exact) mass is 236 g/mol. The fourth-order valence-electron chi connectivity index (χ4n) is 2.12. The van der Waals surface area contributed by atoms with Crippen LogP contribution in [-0.4, -0.2) is 4.98 Å². The van der Waals surface area contributed by atoms with Crippen molar-refractivity contribution in [2.24, 2.45) is 0 Å². The molecule has 0 saturated heterocycles. The average molecular weight is 236 g/mol. The molecule has 0 bridgehead atoms. The molecule has 0 amide bonds. The van der Waals surface area contributed by atoms with Gasteiger partial charge in [0.1, 0.15) is 0 Å². The van der Waals surface area contributed by atoms with E-state index in [2.05, 4.69) is 30.1 Å². The van der Waals surface area contributed by atoms with E-state index in [1.165, 1.54) is 5.56 Å². The summed E-state index contributed by atoms with van der Waals surface area (Å²) in [5.41, 5.74) is 2.28. The van der Waals surface area contributed by atoms with Crippen LogP contribution in [0.3, 0.4) is 0 Å². The van der Waals surface area contributed by atoms with Gasteiger partial charge in [0.15, 0.2) is 0 Å². The van der Waals surface area contributed by atoms with Gasteiger partial charge in [-0.1, -0.05) is 43.3 Å². The Kier molecular flexibility index (Phi) is 4.09. The molecule has 2 aromatic rings. The molecule has 90 valence electrons. The van der Waals surface area contributed by atoms with Crippen LogP contribution in [-0.2, 0) is 0 Å². The predicted octanol–water partition coefficient (Wildman–Crippen LogP) is 3.88. The smallest absolute Gasteiger partial charge is 0.0733 e. The van der Waals surface area contributed by atoms with Gasteiger partial charge in [0, 0.05) is 12.4 Å². The molecular weight excluding hydrogens is 220 g/mol. The molecule has 1 heterocycles. The summed E-state index contributed by atoms with van der Waals surface area (Å²) < 4.78 is 0. The molecule has 0 spiro atoms. The molecule has 2 rings (SSSR count). The first-order chi connectivity index (χ1) is 8.81. The van der Waals surface area contributed by atoms with E-state index in [4.69, 9.17) is 0 Å². The van der Waals surface area contributed by atoms with Crippen molar-refractivity contribution in [2.75, 3.05) is 0 Å². The van der Waals surface area contributed by atoms with Crippen LogP contribution in [0.15, 0.2) is 54.9 Å². The Balaban J connectivity index is 2.11. The zero-order chi connectivity index (χ0) is 12.8. The zero-order valence-electron chi connectivity index (χ0n) is 10.5. The summed E-state index contributed by atoms with van der Waals surface area (Å²) in [6.07, 6.45) is 4.34. The van der Waals surface area contributed by atoms with Gasteiger partial charge >= 0.3 is 0 Å². The van der Waals surface area contributed by atoms with E-state index < -0.39 is 0 Å². The van der Waals surface area contributed by atoms with Crippen LogP contribution < -0.4 is 0 Å². The summed E-state index contributed by atoms with van der Waals surface area (Å²) in [7, 11) is 0. The Morgan fingerprint density at radius 2 is 1.83 bits per heavy atom. The highest BCUT2D eigenvalue weighted by Gasteiger charge is 2.15. The number of hydrogen-bond donors (Lipinski definition) is 0. The van der Waals surface area contributed by atoms with Crippen molar-refractivity contribution in [3.8, 4) is 6.07 Å². The van der Waals surface area contributed by atoms with Gasteiger partial charge in [-0.15, -0.1) is 0 Å². The number of hydrogen-bond acceptors (Lipinski definition) is 2. The van der Waals surface area contributed by atoms with Gasteiger partial charge in [-0.2, -0.15) is 5.26 Å². The lowest BCUT2D eigenvalue weighted by Gasteiger charge is -2.15. The molecule has 1 aromatic carbocycles. The molecular formula is C16H16N2. The molecule has 0 fully saturated rings. The van der Waals surface area contributed by atoms with Crippen LogP contribution in [0.5, 0.6) is 0 Å². The molecule has 2 nitrogen and oxygen atoms in total. The summed E-state index contributed by atoms with van der Waals surface area (Å²) in [5, 5.41) is 9.30. The van der Waals surface area contributed by atoms with Gasteiger partial charge in [-0.3, -0.25) is 4.98 Å². The van der Waals surface area contributed by atoms with Crippen LogP contribution in [0, 0.1) is 11.3 Å². The van der Waals surface area contributed by atoms with E-state index in [-0.39, 0.29) is 5.92 Å². The van der Waals surface area contributed by atoms with Crippen LogP contribution >= 0.6 is 0 Å². The number of rotatable bonds is 4. The first kappa shape index (κ1) is 12.3. The van der Waals surface area contributed by atoms with E-state index >= 15 is 0 Å². The maximum Gasteiger partial charge on any atom is 0.0733 e. The van der Waals surface area contributed by atoms with E-state index in [1.807, 2.05) is 30.3 Å². The molecule has 2 heteroatoms. The highest BCUT2D eigenvalue weighted by Crippen LogP contribution is 2.28. The maximum atomic E-state index is 9.30. The molecule has 0 aliphatic heterocycles. The minimum absolute atomic E-state index is 0.0890. The quantitative estimate of drug-likeness (QED) is 0.807. The Morgan fingerprint density at radius 3 is 2.44 bits per heavy atom. The van der Waals surface area contributed by atoms with Crippen molar-refractivity contribution < 1.29 is 0 Å². The van der Waals surface area contributed by atoms with Gasteiger partial charge in [-0.25, -0.2) is 0 Å². The van der Waals surface area contributed by atoms with Crippen LogP contribution in [0.2, 0.25) is 0 Å². The van der Waals surface area contributed by atoms with Crippen molar-refractivity contribution in [1.29, 1.82) is 5.26 Å². The highest BCUT2D eigenvalue weighted by atomic mass is 14.6. The minimum Gasteiger partial charge on any atom is -0.264 e. The number of benzene rings is 1. The summed E-state index contributed by atoms with van der Waals surface area (Å²) in [5.74, 6) is 0.282. The van der Waals surface area contributed by atoms with E-state index in [0.717, 1.165) is 12.0 Å². The number of nitrogens with zero attached hydrogens (tertiary/aromatic N) is 2. The lowest BCUT2D eigenvalue weighted by Crippen LogP contribution is -2.02. The molecule has 0 radical (unpaired) electrons. The van der Waals surface area contributed by atoms with Crippen molar-refractivity contribution in [1.82, 2.24) is 4.98 Å². The van der Waals surface area contributed by atoms with Gasteiger partial charge < -0.3 is 0 Å². The molecule has 2 atom stereocenters. The molecule has 0 saturated carbocycles. The molecule has 2 unspecified atom stereocenters.